The molecule has 32 heavy (non-hydrogen) atoms. The van der Waals surface area contributed by atoms with Gasteiger partial charge < -0.3 is 5.32 Å². The largest absolute Gasteiger partial charge is 0.352 e. The zero-order chi connectivity index (χ0) is 23.3. The van der Waals surface area contributed by atoms with Gasteiger partial charge in [-0.05, 0) is 43.8 Å². The molecule has 0 aromatic heterocycles. The lowest BCUT2D eigenvalue weighted by atomic mass is 9.85. The predicted octanol–water partition coefficient (Wildman–Crippen LogP) is 3.55. The summed E-state index contributed by atoms with van der Waals surface area (Å²) >= 11 is 0. The first-order valence-electron chi connectivity index (χ1n) is 12.0. The van der Waals surface area contributed by atoms with Gasteiger partial charge in [-0.25, -0.2) is 0 Å². The molecular weight excluding hydrogens is 402 g/mol. The molecular formula is C26H37N3O3. The van der Waals surface area contributed by atoms with Gasteiger partial charge in [-0.1, -0.05) is 70.2 Å². The Kier molecular flexibility index (Phi) is 8.24. The normalized spacial score (nSPS) is 22.4. The van der Waals surface area contributed by atoms with Gasteiger partial charge in [0.2, 0.25) is 17.7 Å². The minimum Gasteiger partial charge on any atom is -0.352 e. The highest BCUT2D eigenvalue weighted by atomic mass is 16.2. The van der Waals surface area contributed by atoms with Gasteiger partial charge in [0.15, 0.2) is 0 Å². The molecule has 174 valence electrons. The molecule has 6 heteroatoms. The van der Waals surface area contributed by atoms with Crippen molar-refractivity contribution < 1.29 is 14.4 Å². The predicted molar refractivity (Wildman–Crippen MR) is 126 cm³/mol. The Morgan fingerprint density at radius 2 is 1.59 bits per heavy atom. The molecule has 1 aliphatic heterocycles. The number of hydrogen-bond acceptors (Lipinski definition) is 4. The molecule has 3 amide bonds. The number of likely N-dealkylation sites (tertiary alicyclic amines) is 1. The van der Waals surface area contributed by atoms with Crippen molar-refractivity contribution in [3.63, 3.8) is 0 Å². The molecule has 1 heterocycles. The van der Waals surface area contributed by atoms with E-state index in [1.54, 1.807) is 0 Å². The summed E-state index contributed by atoms with van der Waals surface area (Å²) in [4.78, 5) is 43.2. The number of rotatable bonds is 10. The van der Waals surface area contributed by atoms with Gasteiger partial charge in [0, 0.05) is 6.54 Å². The van der Waals surface area contributed by atoms with Crippen molar-refractivity contribution in [2.75, 3.05) is 19.6 Å². The zero-order valence-electron chi connectivity index (χ0n) is 19.8. The van der Waals surface area contributed by atoms with Crippen LogP contribution in [0, 0.1) is 17.8 Å². The number of benzene rings is 1. The maximum Gasteiger partial charge on any atom is 0.243 e. The Labute approximate surface area is 192 Å². The highest BCUT2D eigenvalue weighted by Crippen LogP contribution is 2.37. The number of nitrogens with zero attached hydrogens (tertiary/aromatic N) is 2. The van der Waals surface area contributed by atoms with Crippen LogP contribution in [0.4, 0.5) is 0 Å². The molecule has 1 aliphatic carbocycles. The van der Waals surface area contributed by atoms with Crippen LogP contribution in [0.1, 0.15) is 58.6 Å². The lowest BCUT2D eigenvalue weighted by Crippen LogP contribution is -2.52. The molecule has 0 saturated carbocycles. The third-order valence-corrected chi connectivity index (χ3v) is 6.76. The molecule has 1 fully saturated rings. The number of carbonyl (C=O) groups is 3. The molecule has 0 radical (unpaired) electrons. The van der Waals surface area contributed by atoms with Crippen LogP contribution in [0.25, 0.3) is 0 Å². The summed E-state index contributed by atoms with van der Waals surface area (Å²) in [6.45, 7) is 10.4. The quantitative estimate of drug-likeness (QED) is 0.447. The number of imide groups is 1. The van der Waals surface area contributed by atoms with Crippen molar-refractivity contribution in [2.24, 2.45) is 17.8 Å². The maximum atomic E-state index is 13.4. The first-order chi connectivity index (χ1) is 15.4. The van der Waals surface area contributed by atoms with E-state index in [2.05, 4.69) is 36.2 Å². The summed E-state index contributed by atoms with van der Waals surface area (Å²) in [6, 6.07) is 9.43. The fourth-order valence-electron chi connectivity index (χ4n) is 5.02. The Balaban J connectivity index is 1.78. The highest BCUT2D eigenvalue weighted by molar-refractivity contribution is 6.08. The molecule has 1 aromatic rings. The van der Waals surface area contributed by atoms with E-state index in [-0.39, 0.29) is 41.5 Å². The van der Waals surface area contributed by atoms with E-state index in [1.807, 2.05) is 44.2 Å². The average molecular weight is 440 g/mol. The molecule has 4 unspecified atom stereocenters. The van der Waals surface area contributed by atoms with Gasteiger partial charge in [-0.15, -0.1) is 0 Å². The van der Waals surface area contributed by atoms with Crippen molar-refractivity contribution in [3.8, 4) is 0 Å². The maximum absolute atomic E-state index is 13.4. The van der Waals surface area contributed by atoms with E-state index in [1.165, 1.54) is 4.90 Å². The van der Waals surface area contributed by atoms with E-state index in [0.29, 0.717) is 25.8 Å². The molecule has 1 N–H and O–H groups in total. The second-order valence-electron chi connectivity index (χ2n) is 9.24. The average Bonchev–Trinajstić information content (AvgIpc) is 3.05. The Morgan fingerprint density at radius 3 is 2.09 bits per heavy atom. The van der Waals surface area contributed by atoms with Gasteiger partial charge in [0.25, 0.3) is 0 Å². The summed E-state index contributed by atoms with van der Waals surface area (Å²) in [5, 5.41) is 3.09. The van der Waals surface area contributed by atoms with Crippen LogP contribution in [-0.2, 0) is 14.4 Å². The Morgan fingerprint density at radius 1 is 1.03 bits per heavy atom. The monoisotopic (exact) mass is 439 g/mol. The molecule has 0 bridgehead atoms. The lowest BCUT2D eigenvalue weighted by molar-refractivity contribution is -0.148. The van der Waals surface area contributed by atoms with Gasteiger partial charge >= 0.3 is 0 Å². The van der Waals surface area contributed by atoms with Crippen molar-refractivity contribution in [2.45, 2.75) is 59.0 Å². The second-order valence-corrected chi connectivity index (χ2v) is 9.24. The van der Waals surface area contributed by atoms with Gasteiger partial charge in [-0.3, -0.25) is 24.2 Å². The van der Waals surface area contributed by atoms with E-state index >= 15 is 0 Å². The summed E-state index contributed by atoms with van der Waals surface area (Å²) in [5.41, 5.74) is 1.14. The molecule has 4 atom stereocenters. The summed E-state index contributed by atoms with van der Waals surface area (Å²) in [6.07, 6.45) is 5.58. The Bertz CT molecular complexity index is 806. The summed E-state index contributed by atoms with van der Waals surface area (Å²) in [5.74, 6) is -1.06. The van der Waals surface area contributed by atoms with Gasteiger partial charge in [-0.2, -0.15) is 0 Å². The van der Waals surface area contributed by atoms with Crippen LogP contribution in [0.5, 0.6) is 0 Å². The SMILES string of the molecule is CCN(CC)C(CNC(=O)C(CC(C)C)N1C(=O)C2CC=CCC2C1=O)c1ccccc1. The van der Waals surface area contributed by atoms with Crippen LogP contribution in [0.15, 0.2) is 42.5 Å². The molecule has 0 spiro atoms. The fourth-order valence-corrected chi connectivity index (χ4v) is 5.02. The second kappa shape index (κ2) is 10.9. The number of hydrogen-bond donors (Lipinski definition) is 1. The number of likely N-dealkylation sites (N-methyl/N-ethyl adjacent to an activating group) is 1. The number of amides is 3. The number of allylic oxidation sites excluding steroid dienone is 2. The molecule has 6 nitrogen and oxygen atoms in total. The molecule has 1 aromatic carbocycles. The van der Waals surface area contributed by atoms with Crippen molar-refractivity contribution in [1.29, 1.82) is 0 Å². The summed E-state index contributed by atoms with van der Waals surface area (Å²) < 4.78 is 0. The first-order valence-corrected chi connectivity index (χ1v) is 12.0. The third kappa shape index (κ3) is 5.12. The Hall–Kier alpha value is -2.47. The zero-order valence-corrected chi connectivity index (χ0v) is 19.8. The van der Waals surface area contributed by atoms with E-state index in [9.17, 15) is 14.4 Å². The standard InChI is InChI=1S/C26H37N3O3/c1-5-28(6-2)23(19-12-8-7-9-13-19)17-27-24(30)22(16-18(3)4)29-25(31)20-14-10-11-15-21(20)26(29)32/h7-13,18,20-23H,5-6,14-17H2,1-4H3,(H,27,30). The number of carbonyl (C=O) groups excluding carboxylic acids is 3. The fraction of sp³-hybridized carbons (Fsp3) is 0.577. The number of nitrogens with one attached hydrogen (secondary N) is 1. The van der Waals surface area contributed by atoms with E-state index < -0.39 is 6.04 Å². The molecule has 3 rings (SSSR count). The van der Waals surface area contributed by atoms with Crippen LogP contribution in [0.2, 0.25) is 0 Å². The molecule has 2 aliphatic rings. The van der Waals surface area contributed by atoms with Crippen molar-refractivity contribution in [3.05, 3.63) is 48.0 Å². The third-order valence-electron chi connectivity index (χ3n) is 6.76. The van der Waals surface area contributed by atoms with Crippen molar-refractivity contribution in [1.82, 2.24) is 15.1 Å². The minimum atomic E-state index is -0.756. The highest BCUT2D eigenvalue weighted by Gasteiger charge is 2.51. The van der Waals surface area contributed by atoms with Gasteiger partial charge in [0.1, 0.15) is 6.04 Å². The lowest BCUT2D eigenvalue weighted by Gasteiger charge is -2.32. The van der Waals surface area contributed by atoms with Gasteiger partial charge in [0.05, 0.1) is 17.9 Å². The van der Waals surface area contributed by atoms with Crippen LogP contribution in [-0.4, -0.2) is 53.2 Å². The topological polar surface area (TPSA) is 69.7 Å². The van der Waals surface area contributed by atoms with Crippen LogP contribution >= 0.6 is 0 Å². The van der Waals surface area contributed by atoms with E-state index in [0.717, 1.165) is 18.7 Å². The van der Waals surface area contributed by atoms with Crippen LogP contribution in [0.3, 0.4) is 0 Å². The van der Waals surface area contributed by atoms with Crippen LogP contribution < -0.4 is 5.32 Å². The van der Waals surface area contributed by atoms with E-state index in [4.69, 9.17) is 0 Å². The summed E-state index contributed by atoms with van der Waals surface area (Å²) in [7, 11) is 0. The first kappa shape index (κ1) is 24.2. The molecule has 1 saturated heterocycles. The smallest absolute Gasteiger partial charge is 0.243 e. The number of fused-ring (bicyclic) bond motifs is 1. The van der Waals surface area contributed by atoms with Crippen molar-refractivity contribution >= 4 is 17.7 Å². The minimum absolute atomic E-state index is 0.0339.